The predicted octanol–water partition coefficient (Wildman–Crippen LogP) is 1.44. The van der Waals surface area contributed by atoms with Crippen LogP contribution in [0.25, 0.3) is 0 Å². The van der Waals surface area contributed by atoms with Gasteiger partial charge in [0.15, 0.2) is 0 Å². The highest BCUT2D eigenvalue weighted by molar-refractivity contribution is 9.10. The molecule has 0 unspecified atom stereocenters. The second-order valence-corrected chi connectivity index (χ2v) is 4.66. The molecular formula is C11H13BrN2O2. The summed E-state index contributed by atoms with van der Waals surface area (Å²) in [7, 11) is 0. The molecule has 0 aromatic carbocycles. The zero-order valence-electron chi connectivity index (χ0n) is 8.77. The van der Waals surface area contributed by atoms with Crippen LogP contribution in [-0.4, -0.2) is 40.1 Å². The van der Waals surface area contributed by atoms with Crippen LogP contribution in [0, 0.1) is 0 Å². The third kappa shape index (κ3) is 2.25. The molecule has 1 fully saturated rings. The lowest BCUT2D eigenvalue weighted by Gasteiger charge is -2.22. The van der Waals surface area contributed by atoms with E-state index in [1.807, 2.05) is 0 Å². The van der Waals surface area contributed by atoms with E-state index >= 15 is 0 Å². The van der Waals surface area contributed by atoms with Crippen molar-refractivity contribution in [2.24, 2.45) is 0 Å². The van der Waals surface area contributed by atoms with Crippen molar-refractivity contribution in [3.8, 4) is 0 Å². The van der Waals surface area contributed by atoms with Gasteiger partial charge in [0.1, 0.15) is 4.60 Å². The first-order chi connectivity index (χ1) is 7.72. The van der Waals surface area contributed by atoms with Gasteiger partial charge in [-0.25, -0.2) is 4.98 Å². The molecule has 2 heterocycles. The van der Waals surface area contributed by atoms with Crippen LogP contribution in [0.15, 0.2) is 22.9 Å². The van der Waals surface area contributed by atoms with Crippen LogP contribution in [0.4, 0.5) is 0 Å². The lowest BCUT2D eigenvalue weighted by atomic mass is 10.2. The number of carbonyl (C=O) groups is 1. The molecule has 1 aliphatic heterocycles. The van der Waals surface area contributed by atoms with Gasteiger partial charge >= 0.3 is 0 Å². The van der Waals surface area contributed by atoms with Gasteiger partial charge in [0.25, 0.3) is 5.91 Å². The number of hydrogen-bond donors (Lipinski definition) is 1. The highest BCUT2D eigenvalue weighted by atomic mass is 79.9. The van der Waals surface area contributed by atoms with Crippen LogP contribution >= 0.6 is 15.9 Å². The largest absolute Gasteiger partial charge is 0.394 e. The summed E-state index contributed by atoms with van der Waals surface area (Å²) in [5.41, 5.74) is 0.613. The molecule has 86 valence electrons. The summed E-state index contributed by atoms with van der Waals surface area (Å²) in [4.78, 5) is 17.9. The fourth-order valence-corrected chi connectivity index (χ4v) is 2.36. The molecule has 0 spiro atoms. The van der Waals surface area contributed by atoms with Crippen LogP contribution in [0.5, 0.6) is 0 Å². The number of likely N-dealkylation sites (tertiary alicyclic amines) is 1. The standard InChI is InChI=1S/C11H13BrN2O2/c12-10-6-8(3-4-13-10)11(16)14-5-1-2-9(14)7-15/h3-4,6,9,15H,1-2,5,7H2/t9-/m1/s1. The molecule has 1 aromatic heterocycles. The molecule has 1 atom stereocenters. The number of rotatable bonds is 2. The molecule has 0 aliphatic carbocycles. The topological polar surface area (TPSA) is 53.4 Å². The van der Waals surface area contributed by atoms with Crippen LogP contribution in [0.1, 0.15) is 23.2 Å². The molecule has 0 saturated carbocycles. The number of carbonyl (C=O) groups excluding carboxylic acids is 1. The third-order valence-electron chi connectivity index (χ3n) is 2.82. The van der Waals surface area contributed by atoms with Gasteiger partial charge in [0.2, 0.25) is 0 Å². The first-order valence-electron chi connectivity index (χ1n) is 5.26. The monoisotopic (exact) mass is 284 g/mol. The Morgan fingerprint density at radius 3 is 3.19 bits per heavy atom. The van der Waals surface area contributed by atoms with Crippen molar-refractivity contribution in [1.82, 2.24) is 9.88 Å². The van der Waals surface area contributed by atoms with Gasteiger partial charge in [-0.1, -0.05) is 0 Å². The van der Waals surface area contributed by atoms with Crippen molar-refractivity contribution in [2.75, 3.05) is 13.2 Å². The second kappa shape index (κ2) is 4.93. The average molecular weight is 285 g/mol. The Morgan fingerprint density at radius 2 is 2.50 bits per heavy atom. The summed E-state index contributed by atoms with van der Waals surface area (Å²) in [6.45, 7) is 0.766. The van der Waals surface area contributed by atoms with Crippen LogP contribution in [-0.2, 0) is 0 Å². The molecule has 5 heteroatoms. The van der Waals surface area contributed by atoms with Gasteiger partial charge in [-0.2, -0.15) is 0 Å². The summed E-state index contributed by atoms with van der Waals surface area (Å²) in [5, 5.41) is 9.17. The molecule has 16 heavy (non-hydrogen) atoms. The molecule has 1 amide bonds. The summed E-state index contributed by atoms with van der Waals surface area (Å²) in [6, 6.07) is 3.37. The Bertz CT molecular complexity index is 397. The summed E-state index contributed by atoms with van der Waals surface area (Å²) < 4.78 is 0.651. The lowest BCUT2D eigenvalue weighted by molar-refractivity contribution is 0.0677. The third-order valence-corrected chi connectivity index (χ3v) is 3.26. The minimum absolute atomic E-state index is 0.0281. The van der Waals surface area contributed by atoms with Gasteiger partial charge < -0.3 is 10.0 Å². The van der Waals surface area contributed by atoms with Crippen molar-refractivity contribution in [3.05, 3.63) is 28.5 Å². The Balaban J connectivity index is 2.18. The molecular weight excluding hydrogens is 272 g/mol. The fraction of sp³-hybridized carbons (Fsp3) is 0.455. The Kier molecular flexibility index (Phi) is 3.56. The smallest absolute Gasteiger partial charge is 0.254 e. The fourth-order valence-electron chi connectivity index (χ4n) is 1.99. The quantitative estimate of drug-likeness (QED) is 0.837. The second-order valence-electron chi connectivity index (χ2n) is 3.84. The van der Waals surface area contributed by atoms with Crippen LogP contribution in [0.3, 0.4) is 0 Å². The summed E-state index contributed by atoms with van der Waals surface area (Å²) in [5.74, 6) is -0.0281. The number of halogens is 1. The Labute approximate surface area is 102 Å². The van der Waals surface area contributed by atoms with Gasteiger partial charge in [-0.3, -0.25) is 4.79 Å². The highest BCUT2D eigenvalue weighted by Crippen LogP contribution is 2.20. The lowest BCUT2D eigenvalue weighted by Crippen LogP contribution is -2.37. The maximum absolute atomic E-state index is 12.1. The number of amides is 1. The maximum atomic E-state index is 12.1. The Hall–Kier alpha value is -0.940. The van der Waals surface area contributed by atoms with Crippen molar-refractivity contribution >= 4 is 21.8 Å². The minimum atomic E-state index is -0.0283. The zero-order valence-corrected chi connectivity index (χ0v) is 10.4. The zero-order chi connectivity index (χ0) is 11.5. The first-order valence-corrected chi connectivity index (χ1v) is 6.05. The molecule has 4 nitrogen and oxygen atoms in total. The van der Waals surface area contributed by atoms with Crippen LogP contribution in [0.2, 0.25) is 0 Å². The van der Waals surface area contributed by atoms with Gasteiger partial charge in [-0.15, -0.1) is 0 Å². The number of aromatic nitrogens is 1. The van der Waals surface area contributed by atoms with Crippen LogP contribution < -0.4 is 0 Å². The average Bonchev–Trinajstić information content (AvgIpc) is 2.76. The summed E-state index contributed by atoms with van der Waals surface area (Å²) in [6.07, 6.45) is 3.44. The number of pyridine rings is 1. The number of nitrogens with zero attached hydrogens (tertiary/aromatic N) is 2. The van der Waals surface area contributed by atoms with E-state index in [-0.39, 0.29) is 18.6 Å². The number of hydrogen-bond acceptors (Lipinski definition) is 3. The predicted molar refractivity (Wildman–Crippen MR) is 63.1 cm³/mol. The van der Waals surface area contributed by atoms with E-state index in [2.05, 4.69) is 20.9 Å². The minimum Gasteiger partial charge on any atom is -0.394 e. The van der Waals surface area contributed by atoms with E-state index in [1.165, 1.54) is 0 Å². The molecule has 1 aliphatic rings. The van der Waals surface area contributed by atoms with Crippen molar-refractivity contribution in [2.45, 2.75) is 18.9 Å². The van der Waals surface area contributed by atoms with E-state index in [0.717, 1.165) is 19.4 Å². The normalized spacial score (nSPS) is 20.1. The SMILES string of the molecule is O=C(c1ccnc(Br)c1)N1CCC[C@@H]1CO. The van der Waals surface area contributed by atoms with Gasteiger partial charge in [-0.05, 0) is 40.9 Å². The van der Waals surface area contributed by atoms with Gasteiger partial charge in [0, 0.05) is 18.3 Å². The molecule has 0 radical (unpaired) electrons. The maximum Gasteiger partial charge on any atom is 0.254 e. The van der Waals surface area contributed by atoms with Gasteiger partial charge in [0.05, 0.1) is 12.6 Å². The van der Waals surface area contributed by atoms with E-state index in [1.54, 1.807) is 23.2 Å². The molecule has 2 rings (SSSR count). The molecule has 1 saturated heterocycles. The first kappa shape index (κ1) is 11.5. The highest BCUT2D eigenvalue weighted by Gasteiger charge is 2.28. The number of aliphatic hydroxyl groups excluding tert-OH is 1. The molecule has 0 bridgehead atoms. The van der Waals surface area contributed by atoms with E-state index in [0.29, 0.717) is 10.2 Å². The van der Waals surface area contributed by atoms with E-state index < -0.39 is 0 Å². The van der Waals surface area contributed by atoms with Crippen molar-refractivity contribution in [3.63, 3.8) is 0 Å². The number of aliphatic hydroxyl groups is 1. The van der Waals surface area contributed by atoms with E-state index in [9.17, 15) is 9.90 Å². The molecule has 1 N–H and O–H groups in total. The molecule has 1 aromatic rings. The Morgan fingerprint density at radius 1 is 1.69 bits per heavy atom. The van der Waals surface area contributed by atoms with E-state index in [4.69, 9.17) is 0 Å². The van der Waals surface area contributed by atoms with Crippen molar-refractivity contribution < 1.29 is 9.90 Å². The van der Waals surface area contributed by atoms with Crippen molar-refractivity contribution in [1.29, 1.82) is 0 Å². The summed E-state index contributed by atoms with van der Waals surface area (Å²) >= 11 is 3.24.